The molecular weight excluding hydrogens is 680 g/mol. The Morgan fingerprint density at radius 3 is 1.82 bits per heavy atom. The van der Waals surface area contributed by atoms with E-state index in [0.29, 0.717) is 5.46 Å². The molecule has 7 heteroatoms. The molecule has 0 aromatic carbocycles. The molecule has 3 N–H and O–H groups in total. The van der Waals surface area contributed by atoms with Crippen molar-refractivity contribution in [3.05, 3.63) is 12.4 Å². The molecule has 0 aliphatic carbocycles. The van der Waals surface area contributed by atoms with E-state index in [1.807, 2.05) is 0 Å². The Morgan fingerprint density at radius 2 is 1.76 bits per heavy atom. The second kappa shape index (κ2) is 7.50. The molecule has 0 fully saturated rings. The molecular formula is C10H19BCmN3OPu-. The summed E-state index contributed by atoms with van der Waals surface area (Å²) in [6, 6.07) is 0. The maximum atomic E-state index is 9.23. The topological polar surface area (TPSA) is 64.1 Å². The Kier molecular flexibility index (Phi) is 9.47. The molecule has 0 aliphatic rings. The number of hydrogen-bond acceptors (Lipinski definition) is 3. The van der Waals surface area contributed by atoms with Crippen molar-refractivity contribution < 1.29 is 34.3 Å². The second-order valence-electron chi connectivity index (χ2n) is 4.65. The van der Waals surface area contributed by atoms with Gasteiger partial charge in [-0.25, -0.2) is 5.46 Å². The van der Waals surface area contributed by atoms with E-state index >= 15 is 0 Å². The molecule has 0 saturated carbocycles. The molecule has 1 heterocycles. The summed E-state index contributed by atoms with van der Waals surface area (Å²) in [6.07, 6.45) is 4.25. The van der Waals surface area contributed by atoms with Gasteiger partial charge in [-0.15, -0.1) is 12.4 Å². The van der Waals surface area contributed by atoms with Crippen molar-refractivity contribution in [1.82, 2.24) is 9.78 Å². The van der Waals surface area contributed by atoms with Crippen molar-refractivity contribution in [3.63, 3.8) is 0 Å². The van der Waals surface area contributed by atoms with E-state index in [0.717, 1.165) is 0 Å². The van der Waals surface area contributed by atoms with Crippen molar-refractivity contribution in [2.75, 3.05) is 0 Å². The predicted octanol–water partition coefficient (Wildman–Crippen LogP) is -0.491. The van der Waals surface area contributed by atoms with Gasteiger partial charge in [0.25, 0.3) is 0 Å². The molecule has 0 bridgehead atoms. The maximum absolute atomic E-state index is 9.23. The first-order valence-corrected chi connectivity index (χ1v) is 4.72. The fourth-order valence-electron chi connectivity index (χ4n) is 0.396. The minimum Gasteiger partial charge on any atom is -0.389 e. The smallest absolute Gasteiger partial charge is 0.0764 e. The quantitative estimate of drug-likeness (QED) is 0.308. The molecule has 0 saturated heterocycles. The zero-order valence-electron chi connectivity index (χ0n) is 10.8. The van der Waals surface area contributed by atoms with Gasteiger partial charge in [0.1, 0.15) is 0 Å². The summed E-state index contributed by atoms with van der Waals surface area (Å²) in [7, 11) is 7.04. The average molecular weight is 699 g/mol. The summed E-state index contributed by atoms with van der Waals surface area (Å²) in [5, 5.41) is 12.9. The third-order valence-electron chi connectivity index (χ3n) is 2.24. The van der Waals surface area contributed by atoms with Crippen LogP contribution in [0.1, 0.15) is 27.7 Å². The van der Waals surface area contributed by atoms with Gasteiger partial charge in [-0.2, -0.15) is 0 Å². The zero-order chi connectivity index (χ0) is 12.3. The number of hydrogen-bond donors (Lipinski definition) is 2. The normalized spacial score (nSPS) is 10.5. The van der Waals surface area contributed by atoms with E-state index < -0.39 is 11.1 Å². The van der Waals surface area contributed by atoms with Crippen LogP contribution >= 0.6 is 0 Å². The van der Waals surface area contributed by atoms with Gasteiger partial charge in [0.2, 0.25) is 0 Å². The number of aliphatic hydroxyl groups is 1. The monoisotopic (exact) mass is 689 g/mol. The molecule has 0 amide bonds. The van der Waals surface area contributed by atoms with Crippen LogP contribution in [0.5, 0.6) is 0 Å². The number of nitrogens with zero attached hydrogens (tertiary/aromatic N) is 2. The Bertz CT molecular complexity index is 279. The fourth-order valence-corrected chi connectivity index (χ4v) is 0.396. The average Bonchev–Trinajstić information content (AvgIpc) is 2.31. The van der Waals surface area contributed by atoms with Gasteiger partial charge in [-0.3, -0.25) is 0 Å². The number of aromatic nitrogens is 2. The second-order valence-corrected chi connectivity index (χ2v) is 4.65. The molecule has 1 aromatic heterocycles. The third kappa shape index (κ3) is 8.94. The van der Waals surface area contributed by atoms with Crippen molar-refractivity contribution in [2.24, 2.45) is 12.8 Å². The number of aryl methyl sites for hydroxylation is 1. The summed E-state index contributed by atoms with van der Waals surface area (Å²) in [6.45, 7) is 7.00. The fraction of sp³-hybridized carbons (Fsp3) is 0.700. The largest absolute Gasteiger partial charge is 0.389 e. The van der Waals surface area contributed by atoms with Crippen LogP contribution in [0.2, 0.25) is 0 Å². The van der Waals surface area contributed by atoms with Crippen LogP contribution < -0.4 is 11.2 Å². The zero-order valence-corrected chi connectivity index (χ0v) is 17.2. The van der Waals surface area contributed by atoms with Crippen LogP contribution in [0.3, 0.4) is 0 Å². The third-order valence-corrected chi connectivity index (χ3v) is 2.24. The molecule has 0 unspecified atom stereocenters. The number of nitrogens with two attached hydrogens (primary N) is 1. The van der Waals surface area contributed by atoms with Gasteiger partial charge >= 0.3 is 0 Å². The van der Waals surface area contributed by atoms with Gasteiger partial charge < -0.3 is 20.6 Å². The first kappa shape index (κ1) is 21.5. The maximum Gasteiger partial charge on any atom is 0.0764 e. The number of rotatable bonds is 1. The molecule has 1 rings (SSSR count). The van der Waals surface area contributed by atoms with E-state index in [1.54, 1.807) is 45.6 Å². The van der Waals surface area contributed by atoms with E-state index in [4.69, 9.17) is 13.6 Å². The van der Waals surface area contributed by atoms with Gasteiger partial charge in [0, 0.05) is 41.8 Å². The van der Waals surface area contributed by atoms with Crippen molar-refractivity contribution >= 4 is 13.3 Å². The van der Waals surface area contributed by atoms with Crippen LogP contribution in [-0.4, -0.2) is 33.9 Å². The summed E-state index contributed by atoms with van der Waals surface area (Å²) in [5.74, 6) is 0. The molecule has 0 aliphatic heterocycles. The van der Waals surface area contributed by atoms with E-state index in [2.05, 4.69) is 11.3 Å². The van der Waals surface area contributed by atoms with Gasteiger partial charge in [-0.05, 0) is 27.7 Å². The minimum absolute atomic E-state index is 0. The molecule has 0 atom stereocenters. The van der Waals surface area contributed by atoms with Crippen LogP contribution in [-0.2, 0) is 7.05 Å². The molecule has 2 radical (unpaired) electrons. The molecule has 0 spiro atoms. The van der Waals surface area contributed by atoms with E-state index in [9.17, 15) is 5.11 Å². The van der Waals surface area contributed by atoms with E-state index in [1.165, 1.54) is 0 Å². The molecule has 98 valence electrons. The van der Waals surface area contributed by atoms with Crippen LogP contribution in [0.25, 0.3) is 0 Å². The predicted molar refractivity (Wildman–Crippen MR) is 62.0 cm³/mol. The Labute approximate surface area is 121 Å². The Morgan fingerprint density at radius 1 is 1.41 bits per heavy atom. The standard InChI is InChI=1S/C6H15NO.C4H4BN2.Cm.Pu/c1-5(2,7)6(3,4)8;1-7-3-4(5)2-6-7;;/h8H,7H2,1-4H3;3H,1H3;;/q;-1;;. The van der Waals surface area contributed by atoms with Crippen molar-refractivity contribution in [3.8, 4) is 0 Å². The molecule has 4 nitrogen and oxygen atoms in total. The molecule has 1 aromatic rings. The van der Waals surface area contributed by atoms with Crippen LogP contribution in [0, 0.1) is 35.4 Å². The Balaban J connectivity index is -0.000000207. The summed E-state index contributed by atoms with van der Waals surface area (Å²) >= 11 is 0. The van der Waals surface area contributed by atoms with Gasteiger partial charge in [0.15, 0.2) is 0 Å². The van der Waals surface area contributed by atoms with Crippen LogP contribution in [0.4, 0.5) is 0 Å². The summed E-state index contributed by atoms with van der Waals surface area (Å²) in [4.78, 5) is 0. The van der Waals surface area contributed by atoms with Gasteiger partial charge in [0.05, 0.1) is 13.4 Å². The first-order valence-electron chi connectivity index (χ1n) is 4.72. The molecule has 17 heavy (non-hydrogen) atoms. The van der Waals surface area contributed by atoms with Crippen LogP contribution in [0.15, 0.2) is 6.20 Å². The minimum atomic E-state index is -0.785. The van der Waals surface area contributed by atoms with Crippen molar-refractivity contribution in [2.45, 2.75) is 38.8 Å². The summed E-state index contributed by atoms with van der Waals surface area (Å²) < 4.78 is 1.61. The van der Waals surface area contributed by atoms with E-state index in [-0.39, 0.29) is 29.2 Å². The SMILES string of the molecule is CC(C)(N)C(C)(C)O.[B]c1[c-]nn(C)c1.[Cm].[Pu]. The van der Waals surface area contributed by atoms with Gasteiger partial charge in [-0.1, -0.05) is 0 Å². The Hall–Kier alpha value is -0.818. The first-order chi connectivity index (χ1) is 6.54. The van der Waals surface area contributed by atoms with Crippen molar-refractivity contribution in [1.29, 1.82) is 0 Å². The summed E-state index contributed by atoms with van der Waals surface area (Å²) in [5.41, 5.74) is 4.86.